The van der Waals surface area contributed by atoms with E-state index in [1.165, 1.54) is 24.8 Å². The van der Waals surface area contributed by atoms with E-state index in [0.29, 0.717) is 17.5 Å². The second-order valence-electron chi connectivity index (χ2n) is 7.39. The van der Waals surface area contributed by atoms with Crippen molar-refractivity contribution in [1.29, 1.82) is 0 Å². The zero-order valence-electron chi connectivity index (χ0n) is 13.0. The molecule has 1 aliphatic carbocycles. The normalized spacial score (nSPS) is 32.2. The van der Waals surface area contributed by atoms with Gasteiger partial charge in [-0.2, -0.15) is 0 Å². The van der Waals surface area contributed by atoms with Gasteiger partial charge in [0.05, 0.1) is 6.61 Å². The van der Waals surface area contributed by atoms with Gasteiger partial charge >= 0.3 is 0 Å². The molecule has 1 aromatic carbocycles. The third-order valence-corrected chi connectivity index (χ3v) is 5.07. The van der Waals surface area contributed by atoms with Crippen LogP contribution in [0.15, 0.2) is 24.3 Å². The van der Waals surface area contributed by atoms with Gasteiger partial charge in [-0.05, 0) is 36.7 Å². The second-order valence-corrected chi connectivity index (χ2v) is 7.39. The SMILES string of the molecule is CC1CC(C)(C)CCC1NC1CCOc2ccccc21. The first-order valence-electron chi connectivity index (χ1n) is 8.03. The molecular weight excluding hydrogens is 246 g/mol. The molecule has 1 fully saturated rings. The van der Waals surface area contributed by atoms with Crippen molar-refractivity contribution in [2.75, 3.05) is 6.61 Å². The van der Waals surface area contributed by atoms with Gasteiger partial charge in [-0.1, -0.05) is 39.0 Å². The summed E-state index contributed by atoms with van der Waals surface area (Å²) in [7, 11) is 0. The van der Waals surface area contributed by atoms with Crippen molar-refractivity contribution in [1.82, 2.24) is 5.32 Å². The van der Waals surface area contributed by atoms with E-state index in [4.69, 9.17) is 4.74 Å². The number of hydrogen-bond acceptors (Lipinski definition) is 2. The van der Waals surface area contributed by atoms with Crippen LogP contribution in [0.5, 0.6) is 5.75 Å². The Bertz CT molecular complexity index is 468. The topological polar surface area (TPSA) is 21.3 Å². The molecule has 2 aliphatic rings. The number of rotatable bonds is 2. The number of para-hydroxylation sites is 1. The van der Waals surface area contributed by atoms with E-state index in [1.807, 2.05) is 0 Å². The van der Waals surface area contributed by atoms with Crippen LogP contribution in [0.4, 0.5) is 0 Å². The Hall–Kier alpha value is -1.02. The lowest BCUT2D eigenvalue weighted by Gasteiger charge is -2.42. The van der Waals surface area contributed by atoms with Crippen LogP contribution >= 0.6 is 0 Å². The molecule has 3 unspecified atom stereocenters. The zero-order chi connectivity index (χ0) is 14.2. The van der Waals surface area contributed by atoms with Crippen molar-refractivity contribution < 1.29 is 4.74 Å². The average Bonchev–Trinajstić information content (AvgIpc) is 2.42. The summed E-state index contributed by atoms with van der Waals surface area (Å²) in [5.74, 6) is 1.83. The van der Waals surface area contributed by atoms with Gasteiger partial charge in [0.25, 0.3) is 0 Å². The summed E-state index contributed by atoms with van der Waals surface area (Å²) in [5, 5.41) is 3.92. The molecule has 1 aliphatic heterocycles. The maximum absolute atomic E-state index is 5.76. The minimum absolute atomic E-state index is 0.466. The maximum atomic E-state index is 5.76. The Labute approximate surface area is 122 Å². The van der Waals surface area contributed by atoms with Crippen LogP contribution < -0.4 is 10.1 Å². The van der Waals surface area contributed by atoms with Crippen molar-refractivity contribution >= 4 is 0 Å². The average molecular weight is 273 g/mol. The van der Waals surface area contributed by atoms with Crippen LogP contribution in [0.2, 0.25) is 0 Å². The third kappa shape index (κ3) is 2.85. The van der Waals surface area contributed by atoms with Crippen molar-refractivity contribution in [3.63, 3.8) is 0 Å². The van der Waals surface area contributed by atoms with Gasteiger partial charge < -0.3 is 10.1 Å². The molecule has 2 nitrogen and oxygen atoms in total. The number of ether oxygens (including phenoxy) is 1. The van der Waals surface area contributed by atoms with E-state index < -0.39 is 0 Å². The Kier molecular flexibility index (Phi) is 3.76. The summed E-state index contributed by atoms with van der Waals surface area (Å²) in [6, 6.07) is 9.61. The quantitative estimate of drug-likeness (QED) is 0.866. The smallest absolute Gasteiger partial charge is 0.124 e. The monoisotopic (exact) mass is 273 g/mol. The summed E-state index contributed by atoms with van der Waals surface area (Å²) in [6.45, 7) is 8.05. The summed E-state index contributed by atoms with van der Waals surface area (Å²) in [5.41, 5.74) is 1.86. The van der Waals surface area contributed by atoms with E-state index in [0.717, 1.165) is 24.7 Å². The van der Waals surface area contributed by atoms with E-state index in [2.05, 4.69) is 50.4 Å². The van der Waals surface area contributed by atoms with E-state index in [-0.39, 0.29) is 0 Å². The van der Waals surface area contributed by atoms with E-state index in [1.54, 1.807) is 0 Å². The summed E-state index contributed by atoms with van der Waals surface area (Å²) in [4.78, 5) is 0. The predicted molar refractivity (Wildman–Crippen MR) is 83.0 cm³/mol. The molecule has 3 rings (SSSR count). The highest BCUT2D eigenvalue weighted by Crippen LogP contribution is 2.40. The molecule has 0 radical (unpaired) electrons. The number of benzene rings is 1. The van der Waals surface area contributed by atoms with E-state index in [9.17, 15) is 0 Å². The fourth-order valence-corrected chi connectivity index (χ4v) is 3.97. The van der Waals surface area contributed by atoms with Gasteiger partial charge in [0.1, 0.15) is 5.75 Å². The lowest BCUT2D eigenvalue weighted by atomic mass is 9.70. The molecule has 1 heterocycles. The van der Waals surface area contributed by atoms with Gasteiger partial charge in [-0.3, -0.25) is 0 Å². The molecule has 110 valence electrons. The number of hydrogen-bond donors (Lipinski definition) is 1. The first kappa shape index (κ1) is 13.9. The van der Waals surface area contributed by atoms with Gasteiger partial charge in [0.15, 0.2) is 0 Å². The van der Waals surface area contributed by atoms with Crippen LogP contribution in [0, 0.1) is 11.3 Å². The van der Waals surface area contributed by atoms with Crippen molar-refractivity contribution in [2.24, 2.45) is 11.3 Å². The molecule has 2 heteroatoms. The molecule has 1 N–H and O–H groups in total. The predicted octanol–water partition coefficient (Wildman–Crippen LogP) is 4.31. The largest absolute Gasteiger partial charge is 0.493 e. The third-order valence-electron chi connectivity index (χ3n) is 5.07. The molecule has 20 heavy (non-hydrogen) atoms. The highest BCUT2D eigenvalue weighted by molar-refractivity contribution is 5.37. The molecular formula is C18H27NO. The molecule has 0 saturated heterocycles. The Morgan fingerprint density at radius 3 is 2.80 bits per heavy atom. The molecule has 1 saturated carbocycles. The lowest BCUT2D eigenvalue weighted by molar-refractivity contribution is 0.133. The standard InChI is InChI=1S/C18H27NO/c1-13-12-18(2,3)10-8-15(13)19-16-9-11-20-17-7-5-4-6-14(16)17/h4-7,13,15-16,19H,8-12H2,1-3H3. The van der Waals surface area contributed by atoms with Crippen LogP contribution in [-0.2, 0) is 0 Å². The Morgan fingerprint density at radius 2 is 2.00 bits per heavy atom. The highest BCUT2D eigenvalue weighted by atomic mass is 16.5. The molecule has 3 atom stereocenters. The molecule has 0 aromatic heterocycles. The number of fused-ring (bicyclic) bond motifs is 1. The zero-order valence-corrected chi connectivity index (χ0v) is 13.0. The molecule has 0 bridgehead atoms. The minimum atomic E-state index is 0.466. The first-order valence-corrected chi connectivity index (χ1v) is 8.03. The lowest BCUT2D eigenvalue weighted by Crippen LogP contribution is -2.44. The second kappa shape index (κ2) is 5.40. The van der Waals surface area contributed by atoms with Crippen LogP contribution in [-0.4, -0.2) is 12.6 Å². The number of nitrogens with one attached hydrogen (secondary N) is 1. The van der Waals surface area contributed by atoms with Crippen LogP contribution in [0.25, 0.3) is 0 Å². The van der Waals surface area contributed by atoms with E-state index >= 15 is 0 Å². The summed E-state index contributed by atoms with van der Waals surface area (Å²) in [6.07, 6.45) is 5.05. The minimum Gasteiger partial charge on any atom is -0.493 e. The van der Waals surface area contributed by atoms with Gasteiger partial charge in [0.2, 0.25) is 0 Å². The Balaban J connectivity index is 1.70. The first-order chi connectivity index (χ1) is 9.55. The maximum Gasteiger partial charge on any atom is 0.124 e. The van der Waals surface area contributed by atoms with Gasteiger partial charge in [-0.15, -0.1) is 0 Å². The summed E-state index contributed by atoms with van der Waals surface area (Å²) >= 11 is 0. The molecule has 0 amide bonds. The van der Waals surface area contributed by atoms with Crippen molar-refractivity contribution in [3.8, 4) is 5.75 Å². The van der Waals surface area contributed by atoms with Crippen LogP contribution in [0.3, 0.4) is 0 Å². The fraction of sp³-hybridized carbons (Fsp3) is 0.667. The fourth-order valence-electron chi connectivity index (χ4n) is 3.97. The van der Waals surface area contributed by atoms with Crippen LogP contribution in [0.1, 0.15) is 58.1 Å². The molecule has 0 spiro atoms. The van der Waals surface area contributed by atoms with Crippen molar-refractivity contribution in [2.45, 2.75) is 58.5 Å². The van der Waals surface area contributed by atoms with Gasteiger partial charge in [-0.25, -0.2) is 0 Å². The highest BCUT2D eigenvalue weighted by Gasteiger charge is 2.34. The Morgan fingerprint density at radius 1 is 1.20 bits per heavy atom. The van der Waals surface area contributed by atoms with Gasteiger partial charge in [0, 0.05) is 24.1 Å². The molecule has 1 aromatic rings. The van der Waals surface area contributed by atoms with Crippen molar-refractivity contribution in [3.05, 3.63) is 29.8 Å². The summed E-state index contributed by atoms with van der Waals surface area (Å²) < 4.78 is 5.76.